The molecule has 0 atom stereocenters. The fourth-order valence-electron chi connectivity index (χ4n) is 1.26. The van der Waals surface area contributed by atoms with Crippen LogP contribution in [0.25, 0.3) is 11.0 Å². The molecule has 2 aromatic rings. The predicted octanol–water partition coefficient (Wildman–Crippen LogP) is 3.35. The first kappa shape index (κ1) is 10.9. The van der Waals surface area contributed by atoms with E-state index in [0.717, 1.165) is 11.0 Å². The molecular formula is C11H11OY-. The summed E-state index contributed by atoms with van der Waals surface area (Å²) in [7, 11) is 0. The van der Waals surface area contributed by atoms with Gasteiger partial charge in [0.1, 0.15) is 0 Å². The smallest absolute Gasteiger partial charge is 0.0720 e. The van der Waals surface area contributed by atoms with E-state index in [0.29, 0.717) is 5.92 Å². The van der Waals surface area contributed by atoms with Crippen LogP contribution in [0, 0.1) is 6.07 Å². The van der Waals surface area contributed by atoms with Crippen molar-refractivity contribution in [3.05, 3.63) is 36.1 Å². The Morgan fingerprint density at radius 1 is 1.38 bits per heavy atom. The first-order chi connectivity index (χ1) is 5.77. The Kier molecular flexibility index (Phi) is 3.69. The second-order valence-corrected chi connectivity index (χ2v) is 3.28. The number of fused-ring (bicyclic) bond motifs is 1. The Bertz CT molecular complexity index is 390. The van der Waals surface area contributed by atoms with E-state index in [9.17, 15) is 0 Å². The van der Waals surface area contributed by atoms with Gasteiger partial charge in [0.2, 0.25) is 0 Å². The molecule has 1 aromatic carbocycles. The summed E-state index contributed by atoms with van der Waals surface area (Å²) in [6.45, 7) is 4.33. The minimum absolute atomic E-state index is 0. The predicted molar refractivity (Wildman–Crippen MR) is 49.1 cm³/mol. The third-order valence-electron chi connectivity index (χ3n) is 2.03. The molecule has 1 radical (unpaired) electrons. The molecule has 0 amide bonds. The molecule has 0 saturated carbocycles. The summed E-state index contributed by atoms with van der Waals surface area (Å²) in [6, 6.07) is 9.22. The van der Waals surface area contributed by atoms with E-state index in [1.54, 1.807) is 6.26 Å². The van der Waals surface area contributed by atoms with Gasteiger partial charge in [-0.1, -0.05) is 19.2 Å². The van der Waals surface area contributed by atoms with Crippen LogP contribution < -0.4 is 0 Å². The van der Waals surface area contributed by atoms with Gasteiger partial charge in [-0.25, -0.2) is 0 Å². The molecular weight excluding hydrogens is 237 g/mol. The Hall–Kier alpha value is -0.136. The third-order valence-corrected chi connectivity index (χ3v) is 2.03. The Balaban J connectivity index is 0.000000845. The zero-order valence-corrected chi connectivity index (χ0v) is 10.7. The first-order valence-corrected chi connectivity index (χ1v) is 4.16. The Morgan fingerprint density at radius 2 is 2.15 bits per heavy atom. The van der Waals surface area contributed by atoms with Crippen molar-refractivity contribution in [2.24, 2.45) is 0 Å². The quantitative estimate of drug-likeness (QED) is 0.705. The minimum atomic E-state index is 0. The zero-order chi connectivity index (χ0) is 8.55. The molecule has 13 heavy (non-hydrogen) atoms. The van der Waals surface area contributed by atoms with Crippen LogP contribution >= 0.6 is 0 Å². The fraction of sp³-hybridized carbons (Fsp3) is 0.273. The van der Waals surface area contributed by atoms with E-state index in [4.69, 9.17) is 4.42 Å². The molecule has 0 aliphatic heterocycles. The standard InChI is InChI=1S/C11H11O.Y/c1-8(2)9-3-4-11-10(7-9)5-6-12-11;/h4-8H,1-2H3;/q-1;. The zero-order valence-electron chi connectivity index (χ0n) is 7.87. The number of hydrogen-bond acceptors (Lipinski definition) is 1. The van der Waals surface area contributed by atoms with Crippen molar-refractivity contribution in [3.8, 4) is 0 Å². The molecule has 0 unspecified atom stereocenters. The molecule has 0 aliphatic carbocycles. The van der Waals surface area contributed by atoms with E-state index < -0.39 is 0 Å². The average Bonchev–Trinajstić information content (AvgIpc) is 2.49. The Labute approximate surface area is 103 Å². The van der Waals surface area contributed by atoms with Crippen LogP contribution in [0.4, 0.5) is 0 Å². The molecule has 0 bridgehead atoms. The SMILES string of the molecule is CC(C)c1[c-]cc2occc2c1.[Y]. The molecule has 2 heteroatoms. The van der Waals surface area contributed by atoms with Crippen LogP contribution in [-0.2, 0) is 32.7 Å². The Morgan fingerprint density at radius 3 is 2.85 bits per heavy atom. The van der Waals surface area contributed by atoms with Crippen molar-refractivity contribution in [2.45, 2.75) is 19.8 Å². The average molecular weight is 248 g/mol. The molecule has 65 valence electrons. The van der Waals surface area contributed by atoms with E-state index >= 15 is 0 Å². The van der Waals surface area contributed by atoms with E-state index in [1.807, 2.05) is 12.1 Å². The van der Waals surface area contributed by atoms with Crippen LogP contribution in [0.1, 0.15) is 25.3 Å². The summed E-state index contributed by atoms with van der Waals surface area (Å²) in [5.41, 5.74) is 2.16. The van der Waals surface area contributed by atoms with E-state index in [-0.39, 0.29) is 32.7 Å². The van der Waals surface area contributed by atoms with Gasteiger partial charge in [-0.2, -0.15) is 17.7 Å². The summed E-state index contributed by atoms with van der Waals surface area (Å²) < 4.78 is 5.22. The molecule has 0 aliphatic rings. The number of benzene rings is 1. The molecule has 1 nitrogen and oxygen atoms in total. The van der Waals surface area contributed by atoms with Crippen molar-refractivity contribution in [1.29, 1.82) is 0 Å². The van der Waals surface area contributed by atoms with Crippen molar-refractivity contribution in [3.63, 3.8) is 0 Å². The number of hydrogen-bond donors (Lipinski definition) is 0. The van der Waals surface area contributed by atoms with Crippen LogP contribution in [0.3, 0.4) is 0 Å². The van der Waals surface area contributed by atoms with Gasteiger partial charge in [0, 0.05) is 38.3 Å². The maximum absolute atomic E-state index is 5.22. The summed E-state index contributed by atoms with van der Waals surface area (Å²) in [4.78, 5) is 0. The van der Waals surface area contributed by atoms with Gasteiger partial charge in [0.15, 0.2) is 0 Å². The van der Waals surface area contributed by atoms with Gasteiger partial charge in [0.25, 0.3) is 0 Å². The summed E-state index contributed by atoms with van der Waals surface area (Å²) in [6.07, 6.45) is 1.71. The molecule has 0 fully saturated rings. The van der Waals surface area contributed by atoms with Gasteiger partial charge in [-0.15, -0.1) is 6.07 Å². The summed E-state index contributed by atoms with van der Waals surface area (Å²) >= 11 is 0. The van der Waals surface area contributed by atoms with Crippen LogP contribution in [0.2, 0.25) is 0 Å². The maximum Gasteiger partial charge on any atom is 0.0720 e. The van der Waals surface area contributed by atoms with Crippen LogP contribution in [0.15, 0.2) is 28.9 Å². The van der Waals surface area contributed by atoms with Gasteiger partial charge < -0.3 is 4.42 Å². The van der Waals surface area contributed by atoms with Crippen LogP contribution in [0.5, 0.6) is 0 Å². The largest absolute Gasteiger partial charge is 0.523 e. The molecule has 1 aromatic heterocycles. The molecule has 0 N–H and O–H groups in total. The van der Waals surface area contributed by atoms with E-state index in [1.165, 1.54) is 5.56 Å². The molecule has 1 heterocycles. The summed E-state index contributed by atoms with van der Waals surface area (Å²) in [5, 5.41) is 1.16. The van der Waals surface area contributed by atoms with E-state index in [2.05, 4.69) is 26.0 Å². The normalized spacial score (nSPS) is 10.4. The number of furan rings is 1. The van der Waals surface area contributed by atoms with Gasteiger partial charge in [-0.05, 0) is 12.0 Å². The molecule has 2 rings (SSSR count). The minimum Gasteiger partial charge on any atom is -0.523 e. The van der Waals surface area contributed by atoms with Gasteiger partial charge >= 0.3 is 0 Å². The van der Waals surface area contributed by atoms with Gasteiger partial charge in [0.05, 0.1) is 6.26 Å². The molecule has 0 saturated heterocycles. The third kappa shape index (κ3) is 2.21. The fourth-order valence-corrected chi connectivity index (χ4v) is 1.26. The second-order valence-electron chi connectivity index (χ2n) is 3.28. The monoisotopic (exact) mass is 248 g/mol. The maximum atomic E-state index is 5.22. The topological polar surface area (TPSA) is 13.1 Å². The van der Waals surface area contributed by atoms with Crippen molar-refractivity contribution < 1.29 is 37.1 Å². The van der Waals surface area contributed by atoms with Gasteiger partial charge in [-0.3, -0.25) is 0 Å². The summed E-state index contributed by atoms with van der Waals surface area (Å²) in [5.74, 6) is 0.532. The number of rotatable bonds is 1. The van der Waals surface area contributed by atoms with Crippen molar-refractivity contribution >= 4 is 11.0 Å². The van der Waals surface area contributed by atoms with Crippen LogP contribution in [-0.4, -0.2) is 0 Å². The first-order valence-electron chi connectivity index (χ1n) is 4.16. The van der Waals surface area contributed by atoms with Crippen molar-refractivity contribution in [1.82, 2.24) is 0 Å². The molecule has 0 spiro atoms. The van der Waals surface area contributed by atoms with Crippen molar-refractivity contribution in [2.75, 3.05) is 0 Å². The second kappa shape index (κ2) is 4.39.